The molecule has 0 spiro atoms. The molecule has 0 saturated heterocycles. The van der Waals surface area contributed by atoms with Crippen LogP contribution in [0.3, 0.4) is 0 Å². The highest BCUT2D eigenvalue weighted by molar-refractivity contribution is 7.92. The number of nitrogens with one attached hydrogen (secondary N) is 3. The second kappa shape index (κ2) is 6.49. The molecule has 0 aromatic carbocycles. The van der Waals surface area contributed by atoms with Gasteiger partial charge in [0.05, 0.1) is 18.1 Å². The molecular formula is C12H17N5O2S. The summed E-state index contributed by atoms with van der Waals surface area (Å²) >= 11 is 0. The zero-order chi connectivity index (χ0) is 14.4. The van der Waals surface area contributed by atoms with Crippen molar-refractivity contribution in [3.63, 3.8) is 0 Å². The third-order valence-corrected chi connectivity index (χ3v) is 3.94. The van der Waals surface area contributed by atoms with Gasteiger partial charge in [-0.1, -0.05) is 6.92 Å². The summed E-state index contributed by atoms with van der Waals surface area (Å²) in [5.41, 5.74) is 1.16. The summed E-state index contributed by atoms with van der Waals surface area (Å²) in [5, 5.41) is 3.20. The zero-order valence-corrected chi connectivity index (χ0v) is 11.9. The molecule has 20 heavy (non-hydrogen) atoms. The van der Waals surface area contributed by atoms with Crippen LogP contribution in [0.5, 0.6) is 0 Å². The van der Waals surface area contributed by atoms with Gasteiger partial charge in [0, 0.05) is 18.4 Å². The first-order valence-electron chi connectivity index (χ1n) is 6.27. The second-order valence-electron chi connectivity index (χ2n) is 4.27. The van der Waals surface area contributed by atoms with Gasteiger partial charge in [-0.2, -0.15) is 0 Å². The average Bonchev–Trinajstić information content (AvgIpc) is 2.89. The maximum atomic E-state index is 12.1. The SMILES string of the molecule is CCCNCc1cc(S(=O)(=O)Nc2cncnc2)c[nH]1. The molecule has 2 rings (SSSR count). The molecule has 0 amide bonds. The number of aromatic amines is 1. The highest BCUT2D eigenvalue weighted by atomic mass is 32.2. The number of hydrogen-bond acceptors (Lipinski definition) is 5. The molecule has 3 N–H and O–H groups in total. The zero-order valence-electron chi connectivity index (χ0n) is 11.1. The van der Waals surface area contributed by atoms with Crippen LogP contribution < -0.4 is 10.0 Å². The smallest absolute Gasteiger partial charge is 0.263 e. The van der Waals surface area contributed by atoms with E-state index in [0.717, 1.165) is 18.7 Å². The normalized spacial score (nSPS) is 11.4. The maximum Gasteiger partial charge on any atom is 0.263 e. The van der Waals surface area contributed by atoms with Gasteiger partial charge in [0.15, 0.2) is 0 Å². The largest absolute Gasteiger partial charge is 0.363 e. The molecule has 0 saturated carbocycles. The molecule has 0 unspecified atom stereocenters. The average molecular weight is 295 g/mol. The van der Waals surface area contributed by atoms with Crippen molar-refractivity contribution in [1.29, 1.82) is 0 Å². The van der Waals surface area contributed by atoms with Crippen LogP contribution in [0, 0.1) is 0 Å². The first-order chi connectivity index (χ1) is 9.62. The van der Waals surface area contributed by atoms with Gasteiger partial charge in [-0.05, 0) is 19.0 Å². The van der Waals surface area contributed by atoms with Crippen LogP contribution >= 0.6 is 0 Å². The van der Waals surface area contributed by atoms with Gasteiger partial charge >= 0.3 is 0 Å². The lowest BCUT2D eigenvalue weighted by Crippen LogP contribution is -2.14. The Bertz CT molecular complexity index is 639. The van der Waals surface area contributed by atoms with Crippen molar-refractivity contribution < 1.29 is 8.42 Å². The third-order valence-electron chi connectivity index (χ3n) is 2.58. The van der Waals surface area contributed by atoms with Crippen LogP contribution in [0.15, 0.2) is 35.9 Å². The van der Waals surface area contributed by atoms with Crippen LogP contribution in [0.1, 0.15) is 19.0 Å². The molecule has 0 fully saturated rings. The van der Waals surface area contributed by atoms with Crippen molar-refractivity contribution in [3.8, 4) is 0 Å². The van der Waals surface area contributed by atoms with E-state index in [4.69, 9.17) is 0 Å². The molecule has 0 aliphatic rings. The lowest BCUT2D eigenvalue weighted by atomic mass is 10.4. The molecule has 2 aromatic rings. The Morgan fingerprint density at radius 2 is 2.05 bits per heavy atom. The third kappa shape index (κ3) is 3.78. The molecule has 0 atom stereocenters. The van der Waals surface area contributed by atoms with Crippen molar-refractivity contribution in [2.45, 2.75) is 24.8 Å². The maximum absolute atomic E-state index is 12.1. The van der Waals surface area contributed by atoms with Crippen LogP contribution in [0.25, 0.3) is 0 Å². The molecule has 7 nitrogen and oxygen atoms in total. The van der Waals surface area contributed by atoms with E-state index in [2.05, 4.69) is 31.9 Å². The van der Waals surface area contributed by atoms with Crippen LogP contribution in [-0.2, 0) is 16.6 Å². The summed E-state index contributed by atoms with van der Waals surface area (Å²) in [6.45, 7) is 3.57. The fourth-order valence-corrected chi connectivity index (χ4v) is 2.69. The predicted octanol–water partition coefficient (Wildman–Crippen LogP) is 1.11. The Kier molecular flexibility index (Phi) is 4.70. The van der Waals surface area contributed by atoms with Crippen molar-refractivity contribution in [1.82, 2.24) is 20.3 Å². The molecule has 0 aliphatic heterocycles. The molecule has 8 heteroatoms. The standard InChI is InChI=1S/C12H17N5O2S/c1-2-3-13-5-10-4-12(8-16-10)20(18,19)17-11-6-14-9-15-7-11/h4,6-9,13,16-17H,2-3,5H2,1H3. The van der Waals surface area contributed by atoms with Gasteiger partial charge in [-0.25, -0.2) is 18.4 Å². The van der Waals surface area contributed by atoms with Gasteiger partial charge in [-0.3, -0.25) is 4.72 Å². The molecule has 2 aromatic heterocycles. The van der Waals surface area contributed by atoms with E-state index >= 15 is 0 Å². The number of rotatable bonds is 7. The molecule has 0 radical (unpaired) electrons. The minimum atomic E-state index is -3.61. The Balaban J connectivity index is 2.06. The Hall–Kier alpha value is -1.93. The Morgan fingerprint density at radius 1 is 1.30 bits per heavy atom. The van der Waals surface area contributed by atoms with Crippen molar-refractivity contribution >= 4 is 15.7 Å². The second-order valence-corrected chi connectivity index (χ2v) is 5.95. The van der Waals surface area contributed by atoms with Crippen LogP contribution in [-0.4, -0.2) is 29.9 Å². The highest BCUT2D eigenvalue weighted by Crippen LogP contribution is 2.15. The summed E-state index contributed by atoms with van der Waals surface area (Å²) in [5.74, 6) is 0. The summed E-state index contributed by atoms with van der Waals surface area (Å²) < 4.78 is 26.7. The molecule has 0 aliphatic carbocycles. The lowest BCUT2D eigenvalue weighted by molar-refractivity contribution is 0.601. The summed E-state index contributed by atoms with van der Waals surface area (Å²) in [4.78, 5) is 10.7. The van der Waals surface area contributed by atoms with Crippen molar-refractivity contribution in [2.75, 3.05) is 11.3 Å². The number of aromatic nitrogens is 3. The Morgan fingerprint density at radius 3 is 2.75 bits per heavy atom. The molecule has 0 bridgehead atoms. The first kappa shape index (κ1) is 14.5. The summed E-state index contributed by atoms with van der Waals surface area (Å²) in [6.07, 6.45) is 6.64. The van der Waals surface area contributed by atoms with E-state index in [0.29, 0.717) is 12.2 Å². The molecule has 2 heterocycles. The summed E-state index contributed by atoms with van der Waals surface area (Å²) in [7, 11) is -3.61. The monoisotopic (exact) mass is 295 g/mol. The molecular weight excluding hydrogens is 278 g/mol. The van der Waals surface area contributed by atoms with Crippen LogP contribution in [0.2, 0.25) is 0 Å². The molecule has 108 valence electrons. The van der Waals surface area contributed by atoms with E-state index in [1.165, 1.54) is 24.9 Å². The van der Waals surface area contributed by atoms with Gasteiger partial charge in [0.2, 0.25) is 0 Å². The van der Waals surface area contributed by atoms with Gasteiger partial charge in [0.1, 0.15) is 11.2 Å². The summed E-state index contributed by atoms with van der Waals surface area (Å²) in [6, 6.07) is 1.61. The van der Waals surface area contributed by atoms with E-state index < -0.39 is 10.0 Å². The quantitative estimate of drug-likeness (QED) is 0.664. The van der Waals surface area contributed by atoms with E-state index in [1.54, 1.807) is 6.07 Å². The van der Waals surface area contributed by atoms with E-state index in [1.807, 2.05) is 0 Å². The minimum Gasteiger partial charge on any atom is -0.363 e. The van der Waals surface area contributed by atoms with Gasteiger partial charge in [0.25, 0.3) is 10.0 Å². The number of nitrogens with zero attached hydrogens (tertiary/aromatic N) is 2. The number of H-pyrrole nitrogens is 1. The number of sulfonamides is 1. The number of anilines is 1. The van der Waals surface area contributed by atoms with E-state index in [9.17, 15) is 8.42 Å². The topological polar surface area (TPSA) is 99.8 Å². The Labute approximate surface area is 117 Å². The van der Waals surface area contributed by atoms with Gasteiger partial charge < -0.3 is 10.3 Å². The fraction of sp³-hybridized carbons (Fsp3) is 0.333. The van der Waals surface area contributed by atoms with E-state index in [-0.39, 0.29) is 4.90 Å². The highest BCUT2D eigenvalue weighted by Gasteiger charge is 2.16. The fourth-order valence-electron chi connectivity index (χ4n) is 1.64. The predicted molar refractivity (Wildman–Crippen MR) is 75.6 cm³/mol. The minimum absolute atomic E-state index is 0.189. The first-order valence-corrected chi connectivity index (χ1v) is 7.76. The van der Waals surface area contributed by atoms with Gasteiger partial charge in [-0.15, -0.1) is 0 Å². The van der Waals surface area contributed by atoms with Crippen molar-refractivity contribution in [2.24, 2.45) is 0 Å². The lowest BCUT2D eigenvalue weighted by Gasteiger charge is -2.04. The number of hydrogen-bond donors (Lipinski definition) is 3. The van der Waals surface area contributed by atoms with Crippen LogP contribution in [0.4, 0.5) is 5.69 Å². The van der Waals surface area contributed by atoms with Crippen molar-refractivity contribution in [3.05, 3.63) is 36.7 Å².